The van der Waals surface area contributed by atoms with Gasteiger partial charge in [0.15, 0.2) is 0 Å². The zero-order chi connectivity index (χ0) is 20.9. The van der Waals surface area contributed by atoms with E-state index < -0.39 is 0 Å². The Labute approximate surface area is 177 Å². The molecule has 0 unspecified atom stereocenters. The average Bonchev–Trinajstić information content (AvgIpc) is 2.80. The number of nitrogens with one attached hydrogen (secondary N) is 1. The number of aromatic hydroxyl groups is 1. The molecule has 0 bridgehead atoms. The summed E-state index contributed by atoms with van der Waals surface area (Å²) in [6.07, 6.45) is 0. The maximum Gasteiger partial charge on any atom is 0.241 e. The third kappa shape index (κ3) is 4.47. The number of hydrogen-bond acceptors (Lipinski definition) is 4. The van der Waals surface area contributed by atoms with Crippen LogP contribution >= 0.6 is 0 Å². The number of amides is 1. The molecule has 30 heavy (non-hydrogen) atoms. The summed E-state index contributed by atoms with van der Waals surface area (Å²) in [4.78, 5) is 17.5. The monoisotopic (exact) mass is 401 g/mol. The standard InChI is InChI=1S/C25H27N3O2/c1-19(27-15-17-28(18-16-27)21-11-13-22(29)14-12-21)25(30)26-24-10-6-5-9-23(24)20-7-3-2-4-8-20/h2-14,19,29H,15-18H2,1H3,(H,26,30)/t19-/m0/s1. The molecular formula is C25H27N3O2. The zero-order valence-electron chi connectivity index (χ0n) is 17.2. The summed E-state index contributed by atoms with van der Waals surface area (Å²) < 4.78 is 0. The molecule has 1 fully saturated rings. The van der Waals surface area contributed by atoms with Crippen LogP contribution < -0.4 is 10.2 Å². The molecule has 0 aliphatic carbocycles. The van der Waals surface area contributed by atoms with Crippen LogP contribution in [-0.2, 0) is 4.79 Å². The molecule has 1 saturated heterocycles. The van der Waals surface area contributed by atoms with Crippen molar-refractivity contribution in [1.29, 1.82) is 0 Å². The van der Waals surface area contributed by atoms with Gasteiger partial charge in [0.1, 0.15) is 5.75 Å². The number of phenolic OH excluding ortho intramolecular Hbond substituents is 1. The van der Waals surface area contributed by atoms with Gasteiger partial charge in [0, 0.05) is 43.1 Å². The minimum absolute atomic E-state index is 0.0106. The number of hydrogen-bond donors (Lipinski definition) is 2. The van der Waals surface area contributed by atoms with Crippen molar-refractivity contribution >= 4 is 17.3 Å². The molecule has 1 amide bonds. The molecular weight excluding hydrogens is 374 g/mol. The van der Waals surface area contributed by atoms with E-state index in [-0.39, 0.29) is 17.7 Å². The largest absolute Gasteiger partial charge is 0.508 e. The lowest BCUT2D eigenvalue weighted by atomic mass is 10.0. The summed E-state index contributed by atoms with van der Waals surface area (Å²) in [5.41, 5.74) is 4.05. The predicted octanol–water partition coefficient (Wildman–Crippen LogP) is 4.21. The van der Waals surface area contributed by atoms with Crippen molar-refractivity contribution in [3.05, 3.63) is 78.9 Å². The number of benzene rings is 3. The molecule has 3 aromatic rings. The lowest BCUT2D eigenvalue weighted by Crippen LogP contribution is -2.52. The molecule has 0 saturated carbocycles. The van der Waals surface area contributed by atoms with Gasteiger partial charge in [-0.2, -0.15) is 0 Å². The van der Waals surface area contributed by atoms with Gasteiger partial charge in [-0.15, -0.1) is 0 Å². The first-order valence-electron chi connectivity index (χ1n) is 10.3. The van der Waals surface area contributed by atoms with Crippen LogP contribution in [0.1, 0.15) is 6.92 Å². The van der Waals surface area contributed by atoms with Gasteiger partial charge in [0.25, 0.3) is 0 Å². The Balaban J connectivity index is 1.39. The summed E-state index contributed by atoms with van der Waals surface area (Å²) in [6.45, 7) is 5.30. The quantitative estimate of drug-likeness (QED) is 0.673. The number of carbonyl (C=O) groups excluding carboxylic acids is 1. The van der Waals surface area contributed by atoms with E-state index >= 15 is 0 Å². The van der Waals surface area contributed by atoms with Crippen LogP contribution in [0.3, 0.4) is 0 Å². The molecule has 1 aliphatic rings. The van der Waals surface area contributed by atoms with Crippen molar-refractivity contribution in [2.24, 2.45) is 0 Å². The Morgan fingerprint density at radius 2 is 1.50 bits per heavy atom. The van der Waals surface area contributed by atoms with Crippen molar-refractivity contribution < 1.29 is 9.90 Å². The minimum Gasteiger partial charge on any atom is -0.508 e. The van der Waals surface area contributed by atoms with E-state index in [0.717, 1.165) is 48.7 Å². The summed E-state index contributed by atoms with van der Waals surface area (Å²) in [6, 6.07) is 25.1. The third-order valence-electron chi connectivity index (χ3n) is 5.73. The minimum atomic E-state index is -0.212. The van der Waals surface area contributed by atoms with Crippen LogP contribution in [0.5, 0.6) is 5.75 Å². The summed E-state index contributed by atoms with van der Waals surface area (Å²) in [5.74, 6) is 0.287. The Hall–Kier alpha value is -3.31. The van der Waals surface area contributed by atoms with E-state index in [2.05, 4.69) is 27.2 Å². The fourth-order valence-corrected chi connectivity index (χ4v) is 3.90. The second-order valence-electron chi connectivity index (χ2n) is 7.62. The third-order valence-corrected chi connectivity index (χ3v) is 5.73. The van der Waals surface area contributed by atoms with Crippen molar-refractivity contribution in [3.8, 4) is 16.9 Å². The molecule has 0 aromatic heterocycles. The van der Waals surface area contributed by atoms with Gasteiger partial charge in [-0.05, 0) is 42.8 Å². The van der Waals surface area contributed by atoms with Crippen LogP contribution in [0.4, 0.5) is 11.4 Å². The second-order valence-corrected chi connectivity index (χ2v) is 7.62. The van der Waals surface area contributed by atoms with Crippen molar-refractivity contribution in [2.45, 2.75) is 13.0 Å². The summed E-state index contributed by atoms with van der Waals surface area (Å²) in [7, 11) is 0. The number of rotatable bonds is 5. The smallest absolute Gasteiger partial charge is 0.241 e. The SMILES string of the molecule is C[C@@H](C(=O)Nc1ccccc1-c1ccccc1)N1CCN(c2ccc(O)cc2)CC1. The molecule has 2 N–H and O–H groups in total. The van der Waals surface area contributed by atoms with Crippen LogP contribution in [0.15, 0.2) is 78.9 Å². The van der Waals surface area contributed by atoms with E-state index in [9.17, 15) is 9.90 Å². The fraction of sp³-hybridized carbons (Fsp3) is 0.240. The lowest BCUT2D eigenvalue weighted by Gasteiger charge is -2.38. The maximum absolute atomic E-state index is 13.0. The Morgan fingerprint density at radius 1 is 0.867 bits per heavy atom. The first kappa shape index (κ1) is 20.0. The van der Waals surface area contributed by atoms with E-state index in [1.807, 2.05) is 61.5 Å². The van der Waals surface area contributed by atoms with Crippen molar-refractivity contribution in [2.75, 3.05) is 36.4 Å². The molecule has 5 heteroatoms. The van der Waals surface area contributed by atoms with Crippen molar-refractivity contribution in [3.63, 3.8) is 0 Å². The maximum atomic E-state index is 13.0. The Bertz CT molecular complexity index is 981. The highest BCUT2D eigenvalue weighted by molar-refractivity contribution is 5.98. The van der Waals surface area contributed by atoms with E-state index in [1.165, 1.54) is 0 Å². The molecule has 0 spiro atoms. The predicted molar refractivity (Wildman–Crippen MR) is 122 cm³/mol. The first-order valence-corrected chi connectivity index (χ1v) is 10.3. The van der Waals surface area contributed by atoms with Gasteiger partial charge in [0.05, 0.1) is 6.04 Å². The number of phenols is 1. The normalized spacial score (nSPS) is 15.6. The van der Waals surface area contributed by atoms with Gasteiger partial charge in [-0.1, -0.05) is 48.5 Å². The number of nitrogens with zero attached hydrogens (tertiary/aromatic N) is 2. The van der Waals surface area contributed by atoms with Crippen LogP contribution in [0, 0.1) is 0 Å². The number of piperazine rings is 1. The van der Waals surface area contributed by atoms with E-state index in [1.54, 1.807) is 12.1 Å². The van der Waals surface area contributed by atoms with Gasteiger partial charge in [-0.3, -0.25) is 9.69 Å². The molecule has 1 atom stereocenters. The van der Waals surface area contributed by atoms with Crippen LogP contribution in [0.2, 0.25) is 0 Å². The summed E-state index contributed by atoms with van der Waals surface area (Å²) in [5, 5.41) is 12.6. The van der Waals surface area contributed by atoms with E-state index in [0.29, 0.717) is 0 Å². The molecule has 5 nitrogen and oxygen atoms in total. The molecule has 3 aromatic carbocycles. The molecule has 1 heterocycles. The fourth-order valence-electron chi connectivity index (χ4n) is 3.90. The highest BCUT2D eigenvalue weighted by Crippen LogP contribution is 2.28. The first-order chi connectivity index (χ1) is 14.6. The average molecular weight is 402 g/mol. The number of para-hydroxylation sites is 1. The second kappa shape index (κ2) is 9.01. The Kier molecular flexibility index (Phi) is 6.00. The highest BCUT2D eigenvalue weighted by Gasteiger charge is 2.26. The zero-order valence-corrected chi connectivity index (χ0v) is 17.2. The van der Waals surface area contributed by atoms with Crippen LogP contribution in [-0.4, -0.2) is 48.1 Å². The summed E-state index contributed by atoms with van der Waals surface area (Å²) >= 11 is 0. The van der Waals surface area contributed by atoms with Gasteiger partial charge >= 0.3 is 0 Å². The molecule has 4 rings (SSSR count). The van der Waals surface area contributed by atoms with Gasteiger partial charge < -0.3 is 15.3 Å². The number of carbonyl (C=O) groups is 1. The van der Waals surface area contributed by atoms with Gasteiger partial charge in [0.2, 0.25) is 5.91 Å². The van der Waals surface area contributed by atoms with Crippen LogP contribution in [0.25, 0.3) is 11.1 Å². The highest BCUT2D eigenvalue weighted by atomic mass is 16.3. The molecule has 154 valence electrons. The Morgan fingerprint density at radius 3 is 2.20 bits per heavy atom. The number of anilines is 2. The lowest BCUT2D eigenvalue weighted by molar-refractivity contribution is -0.120. The van der Waals surface area contributed by atoms with Gasteiger partial charge in [-0.25, -0.2) is 0 Å². The van der Waals surface area contributed by atoms with E-state index in [4.69, 9.17) is 0 Å². The topological polar surface area (TPSA) is 55.8 Å². The molecule has 1 aliphatic heterocycles. The molecule has 0 radical (unpaired) electrons. The van der Waals surface area contributed by atoms with Crippen molar-refractivity contribution in [1.82, 2.24) is 4.90 Å².